The number of nitrogens with zero attached hydrogens (tertiary/aromatic N) is 3. The Kier molecular flexibility index (Phi) is 5.73. The van der Waals surface area contributed by atoms with Crippen molar-refractivity contribution in [3.8, 4) is 17.1 Å². The number of aliphatic hydroxyl groups excluding tert-OH is 1. The van der Waals surface area contributed by atoms with Crippen molar-refractivity contribution >= 4 is 16.7 Å². The van der Waals surface area contributed by atoms with E-state index in [2.05, 4.69) is 39.3 Å². The van der Waals surface area contributed by atoms with Crippen LogP contribution in [0.15, 0.2) is 72.2 Å². The number of aliphatic hydroxyl groups is 1. The van der Waals surface area contributed by atoms with Crippen LogP contribution in [0.4, 0.5) is 5.69 Å². The third-order valence-electron chi connectivity index (χ3n) is 6.07. The fraction of sp³-hybridized carbons (Fsp3) is 0.192. The molecule has 34 heavy (non-hydrogen) atoms. The number of benzene rings is 2. The van der Waals surface area contributed by atoms with E-state index in [0.717, 1.165) is 33.4 Å². The number of pyridine rings is 1. The minimum atomic E-state index is -0.263. The molecule has 172 valence electrons. The average Bonchev–Trinajstić information content (AvgIpc) is 3.50. The van der Waals surface area contributed by atoms with Gasteiger partial charge in [-0.2, -0.15) is 0 Å². The summed E-state index contributed by atoms with van der Waals surface area (Å²) in [6.07, 6.45) is 7.58. The topological polar surface area (TPSA) is 112 Å². The number of nitrogens with one attached hydrogen (secondary N) is 3. The van der Waals surface area contributed by atoms with Crippen molar-refractivity contribution in [2.75, 3.05) is 11.9 Å². The van der Waals surface area contributed by atoms with Crippen molar-refractivity contribution in [3.63, 3.8) is 0 Å². The van der Waals surface area contributed by atoms with Crippen molar-refractivity contribution in [1.82, 2.24) is 24.5 Å². The molecule has 0 bridgehead atoms. The molecule has 0 saturated heterocycles. The van der Waals surface area contributed by atoms with Crippen LogP contribution in [0.1, 0.15) is 16.7 Å². The number of anilines is 1. The predicted molar refractivity (Wildman–Crippen MR) is 133 cm³/mol. The van der Waals surface area contributed by atoms with Crippen LogP contribution in [-0.4, -0.2) is 42.3 Å². The molecular weight excluding hydrogens is 428 g/mol. The number of aryl methyl sites for hydroxylation is 2. The van der Waals surface area contributed by atoms with Gasteiger partial charge in [0.15, 0.2) is 0 Å². The number of aromatic amines is 2. The zero-order chi connectivity index (χ0) is 23.7. The van der Waals surface area contributed by atoms with Crippen LogP contribution < -0.4 is 10.9 Å². The Balaban J connectivity index is 1.53. The maximum atomic E-state index is 12.9. The Morgan fingerprint density at radius 1 is 1.15 bits per heavy atom. The molecule has 0 amide bonds. The Hall–Kier alpha value is -4.17. The van der Waals surface area contributed by atoms with E-state index < -0.39 is 0 Å². The maximum absolute atomic E-state index is 12.9. The van der Waals surface area contributed by atoms with Gasteiger partial charge in [-0.3, -0.25) is 4.79 Å². The lowest BCUT2D eigenvalue weighted by Gasteiger charge is -2.20. The first-order valence-corrected chi connectivity index (χ1v) is 11.2. The zero-order valence-electron chi connectivity index (χ0n) is 19.0. The summed E-state index contributed by atoms with van der Waals surface area (Å²) in [5, 5.41) is 13.4. The molecule has 3 aromatic heterocycles. The molecule has 0 aliphatic heterocycles. The molecule has 0 spiro atoms. The van der Waals surface area contributed by atoms with Crippen LogP contribution in [0.25, 0.3) is 28.1 Å². The lowest BCUT2D eigenvalue weighted by molar-refractivity contribution is 0.273. The van der Waals surface area contributed by atoms with Gasteiger partial charge in [0.2, 0.25) is 0 Å². The lowest BCUT2D eigenvalue weighted by atomic mass is 10.0. The average molecular weight is 455 g/mol. The largest absolute Gasteiger partial charge is 0.394 e. The van der Waals surface area contributed by atoms with Gasteiger partial charge in [0, 0.05) is 24.3 Å². The predicted octanol–water partition coefficient (Wildman–Crippen LogP) is 3.74. The van der Waals surface area contributed by atoms with Gasteiger partial charge in [-0.25, -0.2) is 9.97 Å². The second-order valence-corrected chi connectivity index (χ2v) is 8.46. The van der Waals surface area contributed by atoms with E-state index in [0.29, 0.717) is 23.5 Å². The Bertz CT molecular complexity index is 1500. The van der Waals surface area contributed by atoms with Crippen LogP contribution in [0.5, 0.6) is 0 Å². The van der Waals surface area contributed by atoms with Crippen molar-refractivity contribution in [1.29, 1.82) is 0 Å². The van der Waals surface area contributed by atoms with Gasteiger partial charge in [-0.1, -0.05) is 24.3 Å². The highest BCUT2D eigenvalue weighted by atomic mass is 16.3. The van der Waals surface area contributed by atoms with E-state index in [1.54, 1.807) is 24.8 Å². The quantitative estimate of drug-likeness (QED) is 0.299. The normalized spacial score (nSPS) is 12.2. The number of aromatic nitrogens is 5. The molecule has 0 saturated carbocycles. The number of fused-ring (bicyclic) bond motifs is 1. The summed E-state index contributed by atoms with van der Waals surface area (Å²) in [7, 11) is 0. The maximum Gasteiger partial charge on any atom is 0.261 e. The van der Waals surface area contributed by atoms with Crippen molar-refractivity contribution < 1.29 is 5.11 Å². The minimum absolute atomic E-state index is 0.0753. The summed E-state index contributed by atoms with van der Waals surface area (Å²) in [5.41, 5.74) is 6.63. The number of hydrogen-bond donors (Lipinski definition) is 4. The van der Waals surface area contributed by atoms with E-state index >= 15 is 0 Å². The van der Waals surface area contributed by atoms with Crippen LogP contribution in [0.2, 0.25) is 0 Å². The van der Waals surface area contributed by atoms with Gasteiger partial charge < -0.3 is 25.0 Å². The van der Waals surface area contributed by atoms with E-state index in [9.17, 15) is 9.90 Å². The number of rotatable bonds is 7. The second kappa shape index (κ2) is 8.99. The summed E-state index contributed by atoms with van der Waals surface area (Å²) in [6.45, 7) is 3.97. The first kappa shape index (κ1) is 21.7. The molecule has 8 heteroatoms. The van der Waals surface area contributed by atoms with Crippen LogP contribution in [0.3, 0.4) is 0 Å². The molecular formula is C26H26N6O2. The van der Waals surface area contributed by atoms with Crippen LogP contribution in [0, 0.1) is 13.8 Å². The fourth-order valence-electron chi connectivity index (χ4n) is 4.27. The number of imidazole rings is 2. The van der Waals surface area contributed by atoms with E-state index in [1.807, 2.05) is 42.0 Å². The molecule has 0 radical (unpaired) electrons. The van der Waals surface area contributed by atoms with E-state index in [1.165, 1.54) is 0 Å². The van der Waals surface area contributed by atoms with E-state index in [4.69, 9.17) is 4.98 Å². The monoisotopic (exact) mass is 454 g/mol. The molecule has 0 aliphatic rings. The highest BCUT2D eigenvalue weighted by molar-refractivity contribution is 5.86. The molecule has 4 N–H and O–H groups in total. The Labute approximate surface area is 196 Å². The SMILES string of the molecule is Cc1ccccc1C[C@@H](CO)Nc1cc[nH]c(=O)c1-c1nc2c(C)cc(-n3ccnc3)cc2[nH]1. The van der Waals surface area contributed by atoms with E-state index in [-0.39, 0.29) is 18.2 Å². The summed E-state index contributed by atoms with van der Waals surface area (Å²) >= 11 is 0. The minimum Gasteiger partial charge on any atom is -0.394 e. The fourth-order valence-corrected chi connectivity index (χ4v) is 4.27. The molecule has 2 aromatic carbocycles. The molecule has 5 aromatic rings. The van der Waals surface area contributed by atoms with Crippen LogP contribution in [-0.2, 0) is 6.42 Å². The van der Waals surface area contributed by atoms with Gasteiger partial charge >= 0.3 is 0 Å². The van der Waals surface area contributed by atoms with Gasteiger partial charge in [0.1, 0.15) is 11.4 Å². The molecule has 0 unspecified atom stereocenters. The third kappa shape index (κ3) is 4.11. The smallest absolute Gasteiger partial charge is 0.261 e. The molecule has 8 nitrogen and oxygen atoms in total. The van der Waals surface area contributed by atoms with Gasteiger partial charge in [0.25, 0.3) is 5.56 Å². The van der Waals surface area contributed by atoms with Crippen molar-refractivity contribution in [3.05, 3.63) is 94.4 Å². The van der Waals surface area contributed by atoms with Crippen molar-refractivity contribution in [2.45, 2.75) is 26.3 Å². The first-order chi connectivity index (χ1) is 16.5. The Morgan fingerprint density at radius 2 is 2.00 bits per heavy atom. The first-order valence-electron chi connectivity index (χ1n) is 11.2. The number of H-pyrrole nitrogens is 2. The standard InChI is InChI=1S/C26H26N6O2/c1-16-5-3-4-6-18(16)12-19(14-33)29-21-7-8-28-26(34)23(21)25-30-22-13-20(32-10-9-27-15-32)11-17(2)24(22)31-25/h3-11,13,15,19,33H,12,14H2,1-2H3,(H,30,31)(H2,28,29,34)/t19-/m0/s1. The zero-order valence-corrected chi connectivity index (χ0v) is 19.0. The second-order valence-electron chi connectivity index (χ2n) is 8.46. The molecule has 3 heterocycles. The number of hydrogen-bond acceptors (Lipinski definition) is 5. The lowest BCUT2D eigenvalue weighted by Crippen LogP contribution is -2.28. The summed E-state index contributed by atoms with van der Waals surface area (Å²) in [6, 6.07) is 13.7. The Morgan fingerprint density at radius 3 is 2.76 bits per heavy atom. The van der Waals surface area contributed by atoms with Gasteiger partial charge in [-0.05, 0) is 55.2 Å². The van der Waals surface area contributed by atoms with Gasteiger partial charge in [-0.15, -0.1) is 0 Å². The van der Waals surface area contributed by atoms with Crippen LogP contribution >= 0.6 is 0 Å². The molecule has 1 atom stereocenters. The highest BCUT2D eigenvalue weighted by Gasteiger charge is 2.19. The molecule has 0 fully saturated rings. The molecule has 5 rings (SSSR count). The summed E-state index contributed by atoms with van der Waals surface area (Å²) in [5.74, 6) is 0.470. The van der Waals surface area contributed by atoms with Gasteiger partial charge in [0.05, 0.1) is 35.7 Å². The third-order valence-corrected chi connectivity index (χ3v) is 6.07. The summed E-state index contributed by atoms with van der Waals surface area (Å²) < 4.78 is 1.92. The summed E-state index contributed by atoms with van der Waals surface area (Å²) in [4.78, 5) is 27.9. The van der Waals surface area contributed by atoms with Crippen molar-refractivity contribution in [2.24, 2.45) is 0 Å². The highest BCUT2D eigenvalue weighted by Crippen LogP contribution is 2.28. The molecule has 0 aliphatic carbocycles.